The lowest BCUT2D eigenvalue weighted by molar-refractivity contribution is 0.520. The molecule has 1 heterocycles. The number of para-hydroxylation sites is 2. The SMILES string of the molecule is C=Cc1ccc(CC2(Cc3ccc(C=C)cc3)c3cc(N(c4cccc(-c5ccccc5)c4)c4ccc5c(c4)C(C)(C)c4ccccc4-5)ccc3-c3ccc(-n4c5ccccc5c5ccccc54)cc32)cc1. The van der Waals surface area contributed by atoms with Crippen LogP contribution in [0.15, 0.2) is 244 Å². The summed E-state index contributed by atoms with van der Waals surface area (Å²) in [5, 5.41) is 2.51. The van der Waals surface area contributed by atoms with Gasteiger partial charge in [0.05, 0.1) is 11.0 Å². The van der Waals surface area contributed by atoms with Gasteiger partial charge in [0.2, 0.25) is 0 Å². The summed E-state index contributed by atoms with van der Waals surface area (Å²) in [6.07, 6.45) is 5.46. The molecule has 0 saturated heterocycles. The fourth-order valence-corrected chi connectivity index (χ4v) is 12.4. The van der Waals surface area contributed by atoms with Gasteiger partial charge in [0, 0.05) is 44.4 Å². The van der Waals surface area contributed by atoms with Crippen molar-refractivity contribution in [3.8, 4) is 39.1 Å². The van der Waals surface area contributed by atoms with E-state index in [0.29, 0.717) is 0 Å². The molecule has 344 valence electrons. The van der Waals surface area contributed by atoms with E-state index in [1.165, 1.54) is 88.6 Å². The van der Waals surface area contributed by atoms with Crippen LogP contribution in [0, 0.1) is 0 Å². The first-order chi connectivity index (χ1) is 35.3. The molecule has 2 aliphatic carbocycles. The van der Waals surface area contributed by atoms with Crippen molar-refractivity contribution < 1.29 is 0 Å². The summed E-state index contributed by atoms with van der Waals surface area (Å²) in [5.41, 5.74) is 24.0. The number of hydrogen-bond donors (Lipinski definition) is 0. The normalized spacial score (nSPS) is 13.6. The molecule has 2 nitrogen and oxygen atoms in total. The van der Waals surface area contributed by atoms with Gasteiger partial charge in [0.25, 0.3) is 0 Å². The first kappa shape index (κ1) is 43.3. The Balaban J connectivity index is 1.06. The average Bonchev–Trinajstić information content (AvgIpc) is 3.99. The molecule has 11 aromatic rings. The van der Waals surface area contributed by atoms with Crippen LogP contribution in [0.3, 0.4) is 0 Å². The summed E-state index contributed by atoms with van der Waals surface area (Å²) in [4.78, 5) is 2.50. The molecule has 0 fully saturated rings. The lowest BCUT2D eigenvalue weighted by Gasteiger charge is -2.35. The van der Waals surface area contributed by atoms with Gasteiger partial charge in [-0.15, -0.1) is 0 Å². The molecular formula is C70H54N2. The maximum absolute atomic E-state index is 4.11. The van der Waals surface area contributed by atoms with Crippen LogP contribution in [0.1, 0.15) is 58.4 Å². The molecule has 13 rings (SSSR count). The van der Waals surface area contributed by atoms with Crippen LogP contribution in [0.25, 0.3) is 73.0 Å². The summed E-state index contributed by atoms with van der Waals surface area (Å²) < 4.78 is 2.47. The lowest BCUT2D eigenvalue weighted by Crippen LogP contribution is -2.31. The van der Waals surface area contributed by atoms with Crippen LogP contribution in [0.2, 0.25) is 0 Å². The Labute approximate surface area is 423 Å². The molecule has 0 unspecified atom stereocenters. The maximum Gasteiger partial charge on any atom is 0.0541 e. The number of anilines is 3. The second-order valence-electron chi connectivity index (χ2n) is 20.3. The van der Waals surface area contributed by atoms with Gasteiger partial charge in [-0.1, -0.05) is 209 Å². The van der Waals surface area contributed by atoms with Crippen LogP contribution < -0.4 is 4.90 Å². The zero-order chi connectivity index (χ0) is 48.6. The van der Waals surface area contributed by atoms with Crippen LogP contribution in [-0.4, -0.2) is 4.57 Å². The van der Waals surface area contributed by atoms with E-state index in [9.17, 15) is 0 Å². The van der Waals surface area contributed by atoms with E-state index in [1.54, 1.807) is 0 Å². The van der Waals surface area contributed by atoms with Crippen molar-refractivity contribution in [2.75, 3.05) is 4.90 Å². The van der Waals surface area contributed by atoms with Gasteiger partial charge in [-0.2, -0.15) is 0 Å². The Morgan fingerprint density at radius 2 is 0.889 bits per heavy atom. The lowest BCUT2D eigenvalue weighted by atomic mass is 9.69. The quantitative estimate of drug-likeness (QED) is 0.125. The van der Waals surface area contributed by atoms with Gasteiger partial charge < -0.3 is 9.47 Å². The summed E-state index contributed by atoms with van der Waals surface area (Å²) in [6, 6.07) is 86.2. The van der Waals surface area contributed by atoms with Gasteiger partial charge in [-0.05, 0) is 151 Å². The second-order valence-corrected chi connectivity index (χ2v) is 20.3. The predicted molar refractivity (Wildman–Crippen MR) is 305 cm³/mol. The van der Waals surface area contributed by atoms with E-state index in [4.69, 9.17) is 0 Å². The third kappa shape index (κ3) is 6.93. The number of benzene rings is 10. The highest BCUT2D eigenvalue weighted by molar-refractivity contribution is 6.09. The average molecular weight is 923 g/mol. The number of fused-ring (bicyclic) bond motifs is 9. The molecule has 0 spiro atoms. The van der Waals surface area contributed by atoms with E-state index in [1.807, 2.05) is 12.2 Å². The Bertz CT molecular complexity index is 3820. The highest BCUT2D eigenvalue weighted by Crippen LogP contribution is 2.56. The standard InChI is InChI=1S/C70H54N2/c1-5-47-27-31-49(32-28-47)45-70(46-50-33-29-48(6-2)30-34-50)65-43-55(36-39-59(65)60-40-37-56(44-66(60)70)72-67-25-14-11-22-61(67)62-23-12-15-26-68(62)72)71(53-20-16-19-52(41-53)51-17-8-7-9-18-51)54-35-38-58-57-21-10-13-24-63(57)69(3,4)64(58)42-54/h5-44H,1-2,45-46H2,3-4H3. The molecule has 0 aliphatic heterocycles. The minimum absolute atomic E-state index is 0.162. The Morgan fingerprint density at radius 3 is 1.51 bits per heavy atom. The van der Waals surface area contributed by atoms with Crippen molar-refractivity contribution in [2.45, 2.75) is 37.5 Å². The second kappa shape index (κ2) is 17.0. The summed E-state index contributed by atoms with van der Waals surface area (Å²) >= 11 is 0. The van der Waals surface area contributed by atoms with Crippen LogP contribution in [0.4, 0.5) is 17.1 Å². The minimum Gasteiger partial charge on any atom is -0.310 e. The van der Waals surface area contributed by atoms with Crippen LogP contribution >= 0.6 is 0 Å². The molecule has 0 amide bonds. The third-order valence-electron chi connectivity index (χ3n) is 15.9. The molecule has 0 atom stereocenters. The van der Waals surface area contributed by atoms with Crippen molar-refractivity contribution in [2.24, 2.45) is 0 Å². The van der Waals surface area contributed by atoms with Gasteiger partial charge in [0.15, 0.2) is 0 Å². The molecule has 0 bridgehead atoms. The number of aromatic nitrogens is 1. The molecule has 10 aromatic carbocycles. The first-order valence-electron chi connectivity index (χ1n) is 25.2. The van der Waals surface area contributed by atoms with E-state index >= 15 is 0 Å². The summed E-state index contributed by atoms with van der Waals surface area (Å²) in [6.45, 7) is 13.0. The maximum atomic E-state index is 4.11. The number of rotatable bonds is 11. The van der Waals surface area contributed by atoms with Gasteiger partial charge in [-0.25, -0.2) is 0 Å². The van der Waals surface area contributed by atoms with Gasteiger partial charge >= 0.3 is 0 Å². The minimum atomic E-state index is -0.472. The van der Waals surface area contributed by atoms with Crippen molar-refractivity contribution in [1.82, 2.24) is 4.57 Å². The molecule has 0 radical (unpaired) electrons. The van der Waals surface area contributed by atoms with E-state index in [0.717, 1.165) is 46.7 Å². The smallest absolute Gasteiger partial charge is 0.0541 e. The van der Waals surface area contributed by atoms with Crippen LogP contribution in [-0.2, 0) is 23.7 Å². The number of nitrogens with zero attached hydrogens (tertiary/aromatic N) is 2. The largest absolute Gasteiger partial charge is 0.310 e. The fraction of sp³-hybridized carbons (Fsp3) is 0.0857. The molecular weight excluding hydrogens is 869 g/mol. The molecule has 2 aliphatic rings. The van der Waals surface area contributed by atoms with Crippen molar-refractivity contribution in [3.05, 3.63) is 288 Å². The molecule has 0 N–H and O–H groups in total. The molecule has 0 saturated carbocycles. The fourth-order valence-electron chi connectivity index (χ4n) is 12.4. The van der Waals surface area contributed by atoms with Crippen LogP contribution in [0.5, 0.6) is 0 Å². The van der Waals surface area contributed by atoms with Gasteiger partial charge in [0.1, 0.15) is 0 Å². The zero-order valence-electron chi connectivity index (χ0n) is 40.8. The number of hydrogen-bond acceptors (Lipinski definition) is 1. The Morgan fingerprint density at radius 1 is 0.403 bits per heavy atom. The monoisotopic (exact) mass is 922 g/mol. The van der Waals surface area contributed by atoms with E-state index in [2.05, 4.69) is 267 Å². The molecule has 2 heteroatoms. The topological polar surface area (TPSA) is 8.17 Å². The van der Waals surface area contributed by atoms with E-state index < -0.39 is 5.41 Å². The highest BCUT2D eigenvalue weighted by Gasteiger charge is 2.45. The first-order valence-corrected chi connectivity index (χ1v) is 25.2. The Hall–Kier alpha value is -8.72. The van der Waals surface area contributed by atoms with Crippen molar-refractivity contribution in [3.63, 3.8) is 0 Å². The molecule has 1 aromatic heterocycles. The molecule has 72 heavy (non-hydrogen) atoms. The summed E-state index contributed by atoms with van der Waals surface area (Å²) in [5.74, 6) is 0. The summed E-state index contributed by atoms with van der Waals surface area (Å²) in [7, 11) is 0. The van der Waals surface area contributed by atoms with E-state index in [-0.39, 0.29) is 5.41 Å². The van der Waals surface area contributed by atoms with Crippen molar-refractivity contribution in [1.29, 1.82) is 0 Å². The predicted octanol–water partition coefficient (Wildman–Crippen LogP) is 18.3. The Kier molecular flexibility index (Phi) is 10.2. The zero-order valence-corrected chi connectivity index (χ0v) is 40.8. The third-order valence-corrected chi connectivity index (χ3v) is 15.9. The van der Waals surface area contributed by atoms with Gasteiger partial charge in [-0.3, -0.25) is 0 Å². The van der Waals surface area contributed by atoms with Crippen molar-refractivity contribution >= 4 is 51.0 Å². The highest BCUT2D eigenvalue weighted by atomic mass is 15.1.